The summed E-state index contributed by atoms with van der Waals surface area (Å²) in [5.41, 5.74) is 5.40. The van der Waals surface area contributed by atoms with Crippen LogP contribution >= 0.6 is 22.9 Å². The molecular formula is C12H7ClN4O3S. The number of nitro benzene ring substituents is 1. The highest BCUT2D eigenvalue weighted by Crippen LogP contribution is 2.36. The maximum absolute atomic E-state index is 11.0. The zero-order valence-corrected chi connectivity index (χ0v) is 11.9. The Labute approximate surface area is 127 Å². The first-order valence-electron chi connectivity index (χ1n) is 5.67. The van der Waals surface area contributed by atoms with Crippen molar-refractivity contribution >= 4 is 44.8 Å². The van der Waals surface area contributed by atoms with E-state index in [0.29, 0.717) is 15.2 Å². The van der Waals surface area contributed by atoms with Crippen molar-refractivity contribution in [2.45, 2.75) is 0 Å². The molecule has 0 radical (unpaired) electrons. The molecule has 0 saturated carbocycles. The van der Waals surface area contributed by atoms with Crippen LogP contribution in [-0.2, 0) is 0 Å². The highest BCUT2D eigenvalue weighted by Gasteiger charge is 2.18. The van der Waals surface area contributed by atoms with Crippen LogP contribution in [0.25, 0.3) is 10.2 Å². The van der Waals surface area contributed by atoms with Crippen molar-refractivity contribution in [3.8, 4) is 11.6 Å². The maximum atomic E-state index is 11.0. The molecule has 0 amide bonds. The first kappa shape index (κ1) is 13.5. The van der Waals surface area contributed by atoms with E-state index in [1.807, 2.05) is 0 Å². The fourth-order valence-electron chi connectivity index (χ4n) is 1.75. The molecule has 0 fully saturated rings. The summed E-state index contributed by atoms with van der Waals surface area (Å²) in [7, 11) is 0. The van der Waals surface area contributed by atoms with Crippen LogP contribution in [0.3, 0.4) is 0 Å². The van der Waals surface area contributed by atoms with E-state index < -0.39 is 4.92 Å². The second-order valence-corrected chi connectivity index (χ2v) is 5.33. The Morgan fingerprint density at radius 3 is 2.90 bits per heavy atom. The monoisotopic (exact) mass is 322 g/mol. The van der Waals surface area contributed by atoms with E-state index in [-0.39, 0.29) is 23.3 Å². The number of fused-ring (bicyclic) bond motifs is 1. The van der Waals surface area contributed by atoms with Gasteiger partial charge in [0.05, 0.1) is 10.3 Å². The van der Waals surface area contributed by atoms with Gasteiger partial charge in [-0.1, -0.05) is 11.6 Å². The Morgan fingerprint density at radius 2 is 2.14 bits per heavy atom. The number of thiophene rings is 1. The molecule has 7 nitrogen and oxygen atoms in total. The lowest BCUT2D eigenvalue weighted by Gasteiger charge is -2.07. The Hall–Kier alpha value is -2.45. The number of nitrogen functional groups attached to an aromatic ring is 1. The molecule has 1 aromatic carbocycles. The summed E-state index contributed by atoms with van der Waals surface area (Å²) in [6.45, 7) is 0. The van der Waals surface area contributed by atoms with E-state index in [4.69, 9.17) is 22.1 Å². The number of nitrogens with zero attached hydrogens (tertiary/aromatic N) is 3. The van der Waals surface area contributed by atoms with Gasteiger partial charge in [0.25, 0.3) is 0 Å². The molecule has 0 bridgehead atoms. The molecule has 2 aromatic heterocycles. The maximum Gasteiger partial charge on any atom is 0.311 e. The Kier molecular flexibility index (Phi) is 3.32. The van der Waals surface area contributed by atoms with E-state index in [0.717, 1.165) is 0 Å². The van der Waals surface area contributed by atoms with Crippen molar-refractivity contribution < 1.29 is 9.66 Å². The fourth-order valence-corrected chi connectivity index (χ4v) is 2.67. The van der Waals surface area contributed by atoms with Crippen molar-refractivity contribution in [1.82, 2.24) is 9.97 Å². The summed E-state index contributed by atoms with van der Waals surface area (Å²) in [5.74, 6) is 0.187. The first-order valence-corrected chi connectivity index (χ1v) is 6.93. The van der Waals surface area contributed by atoms with Crippen molar-refractivity contribution in [2.75, 3.05) is 5.73 Å². The Bertz CT molecular complexity index is 852. The summed E-state index contributed by atoms with van der Waals surface area (Å²) in [6, 6.07) is 5.80. The lowest BCUT2D eigenvalue weighted by molar-refractivity contribution is -0.385. The SMILES string of the molecule is Nc1nc(Oc2cc(Cl)ccc2[N+](=O)[O-])c2ccsc2n1. The van der Waals surface area contributed by atoms with Crippen LogP contribution < -0.4 is 10.5 Å². The number of rotatable bonds is 3. The molecule has 3 rings (SSSR count). The quantitative estimate of drug-likeness (QED) is 0.583. The second kappa shape index (κ2) is 5.15. The third-order valence-corrected chi connectivity index (χ3v) is 3.67. The number of halogens is 1. The minimum Gasteiger partial charge on any atom is -0.431 e. The molecule has 2 N–H and O–H groups in total. The van der Waals surface area contributed by atoms with Gasteiger partial charge in [0.15, 0.2) is 0 Å². The lowest BCUT2D eigenvalue weighted by atomic mass is 10.3. The molecule has 0 atom stereocenters. The van der Waals surface area contributed by atoms with Gasteiger partial charge >= 0.3 is 5.69 Å². The Balaban J connectivity index is 2.12. The smallest absolute Gasteiger partial charge is 0.311 e. The Morgan fingerprint density at radius 1 is 1.33 bits per heavy atom. The molecule has 21 heavy (non-hydrogen) atoms. The normalized spacial score (nSPS) is 10.7. The van der Waals surface area contributed by atoms with E-state index in [1.54, 1.807) is 11.4 Å². The van der Waals surface area contributed by atoms with E-state index in [2.05, 4.69) is 9.97 Å². The molecule has 0 aliphatic rings. The van der Waals surface area contributed by atoms with Gasteiger partial charge in [-0.3, -0.25) is 10.1 Å². The molecule has 0 unspecified atom stereocenters. The number of nitrogens with two attached hydrogens (primary N) is 1. The summed E-state index contributed by atoms with van der Waals surface area (Å²) < 4.78 is 5.55. The van der Waals surface area contributed by atoms with Crippen LogP contribution in [-0.4, -0.2) is 14.9 Å². The zero-order valence-electron chi connectivity index (χ0n) is 10.3. The summed E-state index contributed by atoms with van der Waals surface area (Å²) >= 11 is 7.23. The summed E-state index contributed by atoms with van der Waals surface area (Å²) in [4.78, 5) is 19.2. The van der Waals surface area contributed by atoms with Gasteiger partial charge in [-0.25, -0.2) is 4.98 Å². The van der Waals surface area contributed by atoms with Crippen LogP contribution in [0, 0.1) is 10.1 Å². The average Bonchev–Trinajstić information content (AvgIpc) is 2.86. The molecule has 0 spiro atoms. The van der Waals surface area contributed by atoms with Crippen molar-refractivity contribution in [2.24, 2.45) is 0 Å². The van der Waals surface area contributed by atoms with Gasteiger partial charge < -0.3 is 10.5 Å². The van der Waals surface area contributed by atoms with Gasteiger partial charge in [0.1, 0.15) is 4.83 Å². The molecular weight excluding hydrogens is 316 g/mol. The molecule has 0 aliphatic carbocycles. The molecule has 0 saturated heterocycles. The van der Waals surface area contributed by atoms with Gasteiger partial charge in [0, 0.05) is 17.2 Å². The van der Waals surface area contributed by atoms with Crippen molar-refractivity contribution in [3.63, 3.8) is 0 Å². The van der Waals surface area contributed by atoms with Crippen LogP contribution in [0.5, 0.6) is 11.6 Å². The number of hydrogen-bond acceptors (Lipinski definition) is 7. The second-order valence-electron chi connectivity index (χ2n) is 4.00. The van der Waals surface area contributed by atoms with Gasteiger partial charge in [-0.05, 0) is 17.5 Å². The topological polar surface area (TPSA) is 104 Å². The van der Waals surface area contributed by atoms with E-state index in [9.17, 15) is 10.1 Å². The van der Waals surface area contributed by atoms with Crippen LogP contribution in [0.15, 0.2) is 29.6 Å². The first-order chi connectivity index (χ1) is 10.0. The minimum atomic E-state index is -0.555. The molecule has 3 aromatic rings. The largest absolute Gasteiger partial charge is 0.431 e. The summed E-state index contributed by atoms with van der Waals surface area (Å²) in [6.07, 6.45) is 0. The molecule has 0 aliphatic heterocycles. The number of ether oxygens (including phenoxy) is 1. The van der Waals surface area contributed by atoms with Crippen LogP contribution in [0.2, 0.25) is 5.02 Å². The third kappa shape index (κ3) is 2.58. The minimum absolute atomic E-state index is 0.00176. The lowest BCUT2D eigenvalue weighted by Crippen LogP contribution is -1.99. The van der Waals surface area contributed by atoms with Crippen molar-refractivity contribution in [1.29, 1.82) is 0 Å². The summed E-state index contributed by atoms with van der Waals surface area (Å²) in [5, 5.41) is 13.8. The third-order valence-electron chi connectivity index (χ3n) is 2.63. The standard InChI is InChI=1S/C12H7ClN4O3S/c13-6-1-2-8(17(18)19)9(5-6)20-10-7-3-4-21-11(7)16-12(14)15-10/h1-5H,(H2,14,15,16). The number of aromatic nitrogens is 2. The number of hydrogen-bond donors (Lipinski definition) is 1. The highest BCUT2D eigenvalue weighted by molar-refractivity contribution is 7.16. The molecule has 9 heteroatoms. The van der Waals surface area contributed by atoms with Gasteiger partial charge in [-0.15, -0.1) is 11.3 Å². The fraction of sp³-hybridized carbons (Fsp3) is 0. The zero-order chi connectivity index (χ0) is 15.0. The highest BCUT2D eigenvalue weighted by atomic mass is 35.5. The predicted octanol–water partition coefficient (Wildman–Crippen LogP) is 3.63. The molecule has 2 heterocycles. The van der Waals surface area contributed by atoms with E-state index >= 15 is 0 Å². The van der Waals surface area contributed by atoms with Crippen LogP contribution in [0.1, 0.15) is 0 Å². The molecule has 106 valence electrons. The number of benzene rings is 1. The number of anilines is 1. The van der Waals surface area contributed by atoms with E-state index in [1.165, 1.54) is 29.5 Å². The average molecular weight is 323 g/mol. The van der Waals surface area contributed by atoms with Gasteiger partial charge in [-0.2, -0.15) is 4.98 Å². The van der Waals surface area contributed by atoms with Crippen molar-refractivity contribution in [3.05, 3.63) is 44.8 Å². The number of nitro groups is 1. The van der Waals surface area contributed by atoms with Crippen LogP contribution in [0.4, 0.5) is 11.6 Å². The predicted molar refractivity (Wildman–Crippen MR) is 80.0 cm³/mol. The van der Waals surface area contributed by atoms with Gasteiger partial charge in [0.2, 0.25) is 17.6 Å².